The molecule has 27 heavy (non-hydrogen) atoms. The fraction of sp³-hybridized carbons (Fsp3) is 0.600. The maximum absolute atomic E-state index is 12.5. The molecular weight excluding hydrogens is 385 g/mol. The summed E-state index contributed by atoms with van der Waals surface area (Å²) < 4.78 is 0. The van der Waals surface area contributed by atoms with Crippen molar-refractivity contribution in [3.63, 3.8) is 0 Å². The van der Waals surface area contributed by atoms with Crippen molar-refractivity contribution < 1.29 is 9.59 Å². The third-order valence-corrected chi connectivity index (χ3v) is 5.79. The van der Waals surface area contributed by atoms with Gasteiger partial charge < -0.3 is 10.6 Å². The first-order valence-electron chi connectivity index (χ1n) is 9.37. The number of likely N-dealkylation sites (tertiary alicyclic amines) is 1. The van der Waals surface area contributed by atoms with Gasteiger partial charge in [0.25, 0.3) is 5.91 Å². The summed E-state index contributed by atoms with van der Waals surface area (Å²) in [5.74, 6) is -0.0646. The summed E-state index contributed by atoms with van der Waals surface area (Å²) in [4.78, 5) is 26.8. The predicted molar refractivity (Wildman–Crippen MR) is 108 cm³/mol. The van der Waals surface area contributed by atoms with E-state index in [-0.39, 0.29) is 28.8 Å². The first-order chi connectivity index (χ1) is 12.6. The Morgan fingerprint density at radius 3 is 2.30 bits per heavy atom. The van der Waals surface area contributed by atoms with Gasteiger partial charge in [-0.15, -0.1) is 0 Å². The highest BCUT2D eigenvalue weighted by atomic mass is 35.5. The number of carbonyl (C=O) groups is 2. The summed E-state index contributed by atoms with van der Waals surface area (Å²) in [6.45, 7) is 8.16. The Morgan fingerprint density at radius 2 is 1.74 bits per heavy atom. The van der Waals surface area contributed by atoms with E-state index in [1.54, 1.807) is 18.2 Å². The van der Waals surface area contributed by atoms with Gasteiger partial charge in [0.15, 0.2) is 0 Å². The highest BCUT2D eigenvalue weighted by Gasteiger charge is 2.55. The lowest BCUT2D eigenvalue weighted by Gasteiger charge is -2.33. The van der Waals surface area contributed by atoms with E-state index in [2.05, 4.69) is 15.5 Å². The second-order valence-corrected chi connectivity index (χ2v) is 9.70. The molecule has 148 valence electrons. The number of nitrogens with zero attached hydrogens (tertiary/aromatic N) is 1. The van der Waals surface area contributed by atoms with Crippen LogP contribution in [0.1, 0.15) is 50.4 Å². The van der Waals surface area contributed by atoms with Crippen molar-refractivity contribution in [1.82, 2.24) is 15.5 Å². The van der Waals surface area contributed by atoms with E-state index in [1.807, 2.05) is 20.8 Å². The van der Waals surface area contributed by atoms with Gasteiger partial charge in [-0.3, -0.25) is 14.5 Å². The Balaban J connectivity index is 1.48. The molecule has 0 aromatic heterocycles. The topological polar surface area (TPSA) is 61.4 Å². The van der Waals surface area contributed by atoms with E-state index < -0.39 is 0 Å². The zero-order valence-electron chi connectivity index (χ0n) is 16.1. The van der Waals surface area contributed by atoms with E-state index in [1.165, 1.54) is 0 Å². The van der Waals surface area contributed by atoms with E-state index in [0.717, 1.165) is 32.4 Å². The molecule has 2 amide bonds. The largest absolute Gasteiger partial charge is 0.350 e. The van der Waals surface area contributed by atoms with Gasteiger partial charge in [-0.05, 0) is 76.7 Å². The van der Waals surface area contributed by atoms with Crippen molar-refractivity contribution in [2.24, 2.45) is 5.41 Å². The Bertz CT molecular complexity index is 717. The average molecular weight is 412 g/mol. The molecule has 0 unspecified atom stereocenters. The molecule has 1 spiro atoms. The molecule has 1 saturated heterocycles. The van der Waals surface area contributed by atoms with Crippen molar-refractivity contribution in [2.45, 2.75) is 51.6 Å². The number of hydrogen-bond donors (Lipinski definition) is 2. The zero-order chi connectivity index (χ0) is 19.8. The number of piperidine rings is 1. The van der Waals surface area contributed by atoms with Crippen molar-refractivity contribution in [2.75, 3.05) is 19.6 Å². The van der Waals surface area contributed by atoms with Crippen LogP contribution < -0.4 is 10.6 Å². The highest BCUT2D eigenvalue weighted by molar-refractivity contribution is 6.35. The molecule has 1 aromatic rings. The van der Waals surface area contributed by atoms with Crippen LogP contribution in [-0.4, -0.2) is 47.9 Å². The van der Waals surface area contributed by atoms with Gasteiger partial charge in [0.1, 0.15) is 0 Å². The van der Waals surface area contributed by atoms with Gasteiger partial charge in [-0.2, -0.15) is 0 Å². The molecule has 2 N–H and O–H groups in total. The molecule has 1 aromatic carbocycles. The molecule has 1 aliphatic carbocycles. The standard InChI is InChI=1S/C20H27Cl2N3O2/c1-19(2,3)24-17(26)12-25-6-4-20(5-7-25)11-16(20)23-18(27)13-8-14(21)10-15(22)9-13/h8-10,16H,4-7,11-12H2,1-3H3,(H,23,27)(H,24,26)/t16-/m1/s1. The zero-order valence-corrected chi connectivity index (χ0v) is 17.6. The molecule has 3 rings (SSSR count). The number of rotatable bonds is 4. The summed E-state index contributed by atoms with van der Waals surface area (Å²) in [6, 6.07) is 5.07. The monoisotopic (exact) mass is 411 g/mol. The molecule has 5 nitrogen and oxygen atoms in total. The Labute approximate surface area is 170 Å². The van der Waals surface area contributed by atoms with E-state index in [0.29, 0.717) is 22.2 Å². The Kier molecular flexibility index (Phi) is 5.76. The highest BCUT2D eigenvalue weighted by Crippen LogP contribution is 2.53. The molecule has 1 atom stereocenters. The number of halogens is 2. The molecule has 0 bridgehead atoms. The fourth-order valence-electron chi connectivity index (χ4n) is 3.85. The van der Waals surface area contributed by atoms with E-state index >= 15 is 0 Å². The number of benzene rings is 1. The molecule has 1 aliphatic heterocycles. The smallest absolute Gasteiger partial charge is 0.251 e. The fourth-order valence-corrected chi connectivity index (χ4v) is 4.37. The predicted octanol–water partition coefficient (Wildman–Crippen LogP) is 3.49. The van der Waals surface area contributed by atoms with Crippen molar-refractivity contribution in [3.8, 4) is 0 Å². The number of amides is 2. The summed E-state index contributed by atoms with van der Waals surface area (Å²) in [7, 11) is 0. The minimum absolute atomic E-state index is 0.0666. The van der Waals surface area contributed by atoms with Crippen LogP contribution in [0.5, 0.6) is 0 Å². The van der Waals surface area contributed by atoms with Crippen LogP contribution in [0.25, 0.3) is 0 Å². The van der Waals surface area contributed by atoms with Crippen molar-refractivity contribution in [1.29, 1.82) is 0 Å². The van der Waals surface area contributed by atoms with Gasteiger partial charge >= 0.3 is 0 Å². The first kappa shape index (κ1) is 20.4. The molecule has 1 heterocycles. The minimum Gasteiger partial charge on any atom is -0.350 e. The molecule has 2 fully saturated rings. The third-order valence-electron chi connectivity index (χ3n) is 5.35. The Hall–Kier alpha value is -1.30. The quantitative estimate of drug-likeness (QED) is 0.796. The normalized spacial score (nSPS) is 21.7. The molecule has 2 aliphatic rings. The first-order valence-corrected chi connectivity index (χ1v) is 10.1. The number of carbonyl (C=O) groups excluding carboxylic acids is 2. The van der Waals surface area contributed by atoms with Crippen LogP contribution in [0.15, 0.2) is 18.2 Å². The van der Waals surface area contributed by atoms with Gasteiger partial charge in [0, 0.05) is 27.2 Å². The van der Waals surface area contributed by atoms with Crippen LogP contribution >= 0.6 is 23.2 Å². The molecule has 1 saturated carbocycles. The molecular formula is C20H27Cl2N3O2. The summed E-state index contributed by atoms with van der Waals surface area (Å²) >= 11 is 12.0. The lowest BCUT2D eigenvalue weighted by Crippen LogP contribution is -2.48. The lowest BCUT2D eigenvalue weighted by molar-refractivity contribution is -0.124. The van der Waals surface area contributed by atoms with Gasteiger partial charge in [0.2, 0.25) is 5.91 Å². The number of hydrogen-bond acceptors (Lipinski definition) is 3. The molecule has 7 heteroatoms. The maximum atomic E-state index is 12.5. The van der Waals surface area contributed by atoms with Gasteiger partial charge in [-0.25, -0.2) is 0 Å². The van der Waals surface area contributed by atoms with Crippen LogP contribution in [0.2, 0.25) is 10.0 Å². The van der Waals surface area contributed by atoms with E-state index in [4.69, 9.17) is 23.2 Å². The average Bonchev–Trinajstić information content (AvgIpc) is 3.18. The lowest BCUT2D eigenvalue weighted by atomic mass is 9.92. The minimum atomic E-state index is -0.205. The SMILES string of the molecule is CC(C)(C)NC(=O)CN1CCC2(CC1)C[C@H]2NC(=O)c1cc(Cl)cc(Cl)c1. The summed E-state index contributed by atoms with van der Waals surface area (Å²) in [5, 5.41) is 7.04. The van der Waals surface area contributed by atoms with Crippen molar-refractivity contribution >= 4 is 35.0 Å². The third kappa shape index (κ3) is 5.37. The van der Waals surface area contributed by atoms with Crippen LogP contribution in [0, 0.1) is 5.41 Å². The van der Waals surface area contributed by atoms with Gasteiger partial charge in [0.05, 0.1) is 6.54 Å². The van der Waals surface area contributed by atoms with E-state index in [9.17, 15) is 9.59 Å². The second kappa shape index (κ2) is 7.61. The van der Waals surface area contributed by atoms with Gasteiger partial charge in [-0.1, -0.05) is 23.2 Å². The molecule has 0 radical (unpaired) electrons. The van der Waals surface area contributed by atoms with Crippen molar-refractivity contribution in [3.05, 3.63) is 33.8 Å². The maximum Gasteiger partial charge on any atom is 0.251 e. The summed E-state index contributed by atoms with van der Waals surface area (Å²) in [5.41, 5.74) is 0.462. The Morgan fingerprint density at radius 1 is 1.15 bits per heavy atom. The second-order valence-electron chi connectivity index (χ2n) is 8.82. The van der Waals surface area contributed by atoms with Crippen LogP contribution in [0.3, 0.4) is 0 Å². The van der Waals surface area contributed by atoms with Crippen LogP contribution in [-0.2, 0) is 4.79 Å². The number of nitrogens with one attached hydrogen (secondary N) is 2. The summed E-state index contributed by atoms with van der Waals surface area (Å²) in [6.07, 6.45) is 2.99. The van der Waals surface area contributed by atoms with Crippen LogP contribution in [0.4, 0.5) is 0 Å².